The first-order chi connectivity index (χ1) is 10.8. The largest absolute Gasteiger partial charge is 0.459 e. The molecule has 0 bridgehead atoms. The Hall–Kier alpha value is -1.33. The topological polar surface area (TPSA) is 45.9 Å². The van der Waals surface area contributed by atoms with E-state index < -0.39 is 0 Å². The molecule has 0 spiro atoms. The molecule has 0 aliphatic carbocycles. The number of likely N-dealkylation sites (tertiary alicyclic amines) is 2. The van der Waals surface area contributed by atoms with Crippen molar-refractivity contribution < 1.29 is 13.9 Å². The summed E-state index contributed by atoms with van der Waals surface area (Å²) in [5, 5.41) is 0. The lowest BCUT2D eigenvalue weighted by molar-refractivity contribution is 0.0501. The normalized spacial score (nSPS) is 29.9. The predicted molar refractivity (Wildman–Crippen MR) is 81.7 cm³/mol. The molecule has 2 atom stereocenters. The summed E-state index contributed by atoms with van der Waals surface area (Å²) in [6.07, 6.45) is 6.14. The van der Waals surface area contributed by atoms with Crippen LogP contribution in [0.25, 0.3) is 0 Å². The number of ether oxygens (including phenoxy) is 1. The molecule has 3 aliphatic heterocycles. The van der Waals surface area contributed by atoms with Gasteiger partial charge in [0.2, 0.25) is 0 Å². The van der Waals surface area contributed by atoms with Gasteiger partial charge >= 0.3 is 0 Å². The zero-order valence-electron chi connectivity index (χ0n) is 12.9. The van der Waals surface area contributed by atoms with Crippen molar-refractivity contribution in [3.05, 3.63) is 24.2 Å². The lowest BCUT2D eigenvalue weighted by atomic mass is 9.99. The van der Waals surface area contributed by atoms with Crippen LogP contribution in [0.4, 0.5) is 0 Å². The molecule has 0 unspecified atom stereocenters. The average molecular weight is 304 g/mol. The van der Waals surface area contributed by atoms with E-state index in [1.807, 2.05) is 4.90 Å². The molecule has 3 saturated heterocycles. The molecule has 0 radical (unpaired) electrons. The van der Waals surface area contributed by atoms with Gasteiger partial charge in [-0.05, 0) is 43.7 Å². The summed E-state index contributed by atoms with van der Waals surface area (Å²) in [7, 11) is 0. The Morgan fingerprint density at radius 2 is 1.95 bits per heavy atom. The van der Waals surface area contributed by atoms with E-state index in [1.54, 1.807) is 18.4 Å². The maximum Gasteiger partial charge on any atom is 0.289 e. The summed E-state index contributed by atoms with van der Waals surface area (Å²) in [6.45, 7) is 4.98. The van der Waals surface area contributed by atoms with Gasteiger partial charge in [0, 0.05) is 44.9 Å². The Labute approximate surface area is 131 Å². The summed E-state index contributed by atoms with van der Waals surface area (Å²) in [6, 6.07) is 4.47. The van der Waals surface area contributed by atoms with E-state index in [2.05, 4.69) is 4.90 Å². The Morgan fingerprint density at radius 1 is 1.14 bits per heavy atom. The smallest absolute Gasteiger partial charge is 0.289 e. The number of amides is 1. The average Bonchev–Trinajstić information content (AvgIpc) is 3.26. The molecule has 4 heterocycles. The molecule has 3 aliphatic rings. The summed E-state index contributed by atoms with van der Waals surface area (Å²) >= 11 is 0. The minimum absolute atomic E-state index is 0.0606. The van der Waals surface area contributed by atoms with E-state index >= 15 is 0 Å². The van der Waals surface area contributed by atoms with Crippen LogP contribution in [-0.2, 0) is 4.74 Å². The van der Waals surface area contributed by atoms with Gasteiger partial charge in [0.05, 0.1) is 6.26 Å². The van der Waals surface area contributed by atoms with Crippen molar-refractivity contribution in [2.75, 3.05) is 32.8 Å². The second-order valence-corrected chi connectivity index (χ2v) is 6.74. The van der Waals surface area contributed by atoms with Gasteiger partial charge < -0.3 is 14.1 Å². The molecule has 0 N–H and O–H groups in total. The van der Waals surface area contributed by atoms with Gasteiger partial charge in [0.1, 0.15) is 0 Å². The molecular weight excluding hydrogens is 280 g/mol. The Balaban J connectivity index is 1.39. The fourth-order valence-electron chi connectivity index (χ4n) is 4.36. The molecule has 5 nitrogen and oxygen atoms in total. The first-order valence-electron chi connectivity index (χ1n) is 8.49. The number of fused-ring (bicyclic) bond motifs is 1. The minimum Gasteiger partial charge on any atom is -0.459 e. The summed E-state index contributed by atoms with van der Waals surface area (Å²) in [5.41, 5.74) is 0. The van der Waals surface area contributed by atoms with E-state index in [0.29, 0.717) is 17.8 Å². The fourth-order valence-corrected chi connectivity index (χ4v) is 4.36. The van der Waals surface area contributed by atoms with Crippen molar-refractivity contribution in [2.24, 2.45) is 5.92 Å². The molecular formula is C17H24N2O3. The van der Waals surface area contributed by atoms with Gasteiger partial charge in [-0.15, -0.1) is 0 Å². The maximum atomic E-state index is 12.5. The highest BCUT2D eigenvalue weighted by atomic mass is 16.5. The molecule has 0 aromatic carbocycles. The van der Waals surface area contributed by atoms with Crippen molar-refractivity contribution in [3.8, 4) is 0 Å². The summed E-state index contributed by atoms with van der Waals surface area (Å²) in [5.74, 6) is 1.30. The highest BCUT2D eigenvalue weighted by molar-refractivity contribution is 5.92. The van der Waals surface area contributed by atoms with Crippen LogP contribution >= 0.6 is 0 Å². The highest BCUT2D eigenvalue weighted by Gasteiger charge is 2.45. The third kappa shape index (κ3) is 2.57. The second-order valence-electron chi connectivity index (χ2n) is 6.74. The van der Waals surface area contributed by atoms with Crippen LogP contribution in [0.2, 0.25) is 0 Å². The number of rotatable bonds is 3. The minimum atomic E-state index is 0.0606. The zero-order valence-corrected chi connectivity index (χ0v) is 12.9. The number of hydrogen-bond donors (Lipinski definition) is 0. The lowest BCUT2D eigenvalue weighted by Gasteiger charge is -2.30. The number of furan rings is 1. The van der Waals surface area contributed by atoms with Crippen molar-refractivity contribution >= 4 is 5.91 Å². The molecule has 5 heteroatoms. The summed E-state index contributed by atoms with van der Waals surface area (Å²) < 4.78 is 10.7. The monoisotopic (exact) mass is 304 g/mol. The van der Waals surface area contributed by atoms with Crippen LogP contribution in [0.15, 0.2) is 22.8 Å². The Bertz CT molecular complexity index is 510. The molecule has 1 aromatic heterocycles. The van der Waals surface area contributed by atoms with Gasteiger partial charge in [0.25, 0.3) is 5.91 Å². The SMILES string of the molecule is O=C(c1ccco1)N1CC[C@@H]2[C@H]1CCN2CC1CCOCC1. The Kier molecular flexibility index (Phi) is 3.92. The van der Waals surface area contributed by atoms with E-state index in [4.69, 9.17) is 9.15 Å². The van der Waals surface area contributed by atoms with E-state index in [1.165, 1.54) is 19.4 Å². The fraction of sp³-hybridized carbons (Fsp3) is 0.706. The Morgan fingerprint density at radius 3 is 2.73 bits per heavy atom. The van der Waals surface area contributed by atoms with Crippen LogP contribution in [0.5, 0.6) is 0 Å². The van der Waals surface area contributed by atoms with Gasteiger partial charge in [-0.3, -0.25) is 9.69 Å². The van der Waals surface area contributed by atoms with Crippen LogP contribution in [0.1, 0.15) is 36.2 Å². The molecule has 3 fully saturated rings. The van der Waals surface area contributed by atoms with Gasteiger partial charge in [-0.2, -0.15) is 0 Å². The van der Waals surface area contributed by atoms with Crippen molar-refractivity contribution in [1.82, 2.24) is 9.80 Å². The highest BCUT2D eigenvalue weighted by Crippen LogP contribution is 2.34. The van der Waals surface area contributed by atoms with Gasteiger partial charge in [-0.1, -0.05) is 0 Å². The molecule has 1 amide bonds. The number of nitrogens with zero attached hydrogens (tertiary/aromatic N) is 2. The van der Waals surface area contributed by atoms with E-state index in [-0.39, 0.29) is 5.91 Å². The molecule has 0 saturated carbocycles. The van der Waals surface area contributed by atoms with Crippen molar-refractivity contribution in [1.29, 1.82) is 0 Å². The number of hydrogen-bond acceptors (Lipinski definition) is 4. The predicted octanol–water partition coefficient (Wildman–Crippen LogP) is 2.00. The first kappa shape index (κ1) is 14.3. The van der Waals surface area contributed by atoms with Crippen molar-refractivity contribution in [3.63, 3.8) is 0 Å². The van der Waals surface area contributed by atoms with Crippen LogP contribution in [0.3, 0.4) is 0 Å². The summed E-state index contributed by atoms with van der Waals surface area (Å²) in [4.78, 5) is 17.2. The van der Waals surface area contributed by atoms with E-state index in [0.717, 1.165) is 45.1 Å². The maximum absolute atomic E-state index is 12.5. The van der Waals surface area contributed by atoms with Gasteiger partial charge in [-0.25, -0.2) is 0 Å². The third-order valence-electron chi connectivity index (χ3n) is 5.52. The second kappa shape index (κ2) is 6.05. The molecule has 22 heavy (non-hydrogen) atoms. The first-order valence-corrected chi connectivity index (χ1v) is 8.49. The molecule has 120 valence electrons. The van der Waals surface area contributed by atoms with Crippen LogP contribution < -0.4 is 0 Å². The molecule has 1 aromatic rings. The zero-order chi connectivity index (χ0) is 14.9. The van der Waals surface area contributed by atoms with Crippen LogP contribution in [0, 0.1) is 5.92 Å². The standard InChI is InChI=1S/C17H24N2O3/c20-17(16-2-1-9-22-16)19-8-4-14-15(19)3-7-18(14)12-13-5-10-21-11-6-13/h1-2,9,13-15H,3-8,10-12H2/t14-,15-/m1/s1. The van der Waals surface area contributed by atoms with Gasteiger partial charge in [0.15, 0.2) is 5.76 Å². The quantitative estimate of drug-likeness (QED) is 0.857. The van der Waals surface area contributed by atoms with E-state index in [9.17, 15) is 4.79 Å². The number of carbonyl (C=O) groups excluding carboxylic acids is 1. The lowest BCUT2D eigenvalue weighted by Crippen LogP contribution is -2.41. The molecule has 4 rings (SSSR count). The van der Waals surface area contributed by atoms with Crippen molar-refractivity contribution in [2.45, 2.75) is 37.8 Å². The third-order valence-corrected chi connectivity index (χ3v) is 5.52. The van der Waals surface area contributed by atoms with Crippen LogP contribution in [-0.4, -0.2) is 60.6 Å². The number of carbonyl (C=O) groups is 1.